The molecule has 0 spiro atoms. The number of pyridine rings is 1. The average molecular weight is 283 g/mol. The van der Waals surface area contributed by atoms with Crippen molar-refractivity contribution in [2.45, 2.75) is 11.5 Å². The molecule has 0 aliphatic heterocycles. The standard InChI is InChI=1S/C7H7F2N3O5S/c1-17-7-5(12(13)14)3(6(8)9)2-4(11-7)18(10,15)16/h2,6H,1H3,(H2,10,15,16). The minimum absolute atomic E-state index is 0.348. The van der Waals surface area contributed by atoms with E-state index >= 15 is 0 Å². The summed E-state index contributed by atoms with van der Waals surface area (Å²) in [5, 5.41) is 14.4. The van der Waals surface area contributed by atoms with Gasteiger partial charge < -0.3 is 4.74 Å². The number of halogens is 2. The number of sulfonamides is 1. The van der Waals surface area contributed by atoms with Crippen molar-refractivity contribution in [2.24, 2.45) is 5.14 Å². The molecular weight excluding hydrogens is 276 g/mol. The van der Waals surface area contributed by atoms with E-state index in [1.165, 1.54) is 0 Å². The molecule has 0 atom stereocenters. The summed E-state index contributed by atoms with van der Waals surface area (Å²) in [5.74, 6) is -0.846. The first-order chi connectivity index (χ1) is 8.18. The van der Waals surface area contributed by atoms with E-state index in [1.54, 1.807) is 0 Å². The number of nitrogens with two attached hydrogens (primary N) is 1. The molecule has 2 N–H and O–H groups in total. The van der Waals surface area contributed by atoms with Gasteiger partial charge >= 0.3 is 5.69 Å². The average Bonchev–Trinajstić information content (AvgIpc) is 2.25. The first-order valence-electron chi connectivity index (χ1n) is 4.22. The second-order valence-corrected chi connectivity index (χ2v) is 4.52. The molecule has 0 saturated carbocycles. The van der Waals surface area contributed by atoms with Crippen molar-refractivity contribution in [2.75, 3.05) is 7.11 Å². The summed E-state index contributed by atoms with van der Waals surface area (Å²) in [6.07, 6.45) is -3.28. The summed E-state index contributed by atoms with van der Waals surface area (Å²) in [6.45, 7) is 0. The van der Waals surface area contributed by atoms with Gasteiger partial charge in [0.1, 0.15) is 5.56 Å². The number of methoxy groups -OCH3 is 1. The highest BCUT2D eigenvalue weighted by atomic mass is 32.2. The molecular formula is C7H7F2N3O5S. The van der Waals surface area contributed by atoms with Gasteiger partial charge in [-0.1, -0.05) is 0 Å². The lowest BCUT2D eigenvalue weighted by Crippen LogP contribution is -2.16. The molecule has 1 heterocycles. The van der Waals surface area contributed by atoms with Crippen LogP contribution in [0.4, 0.5) is 14.5 Å². The summed E-state index contributed by atoms with van der Waals surface area (Å²) in [4.78, 5) is 12.7. The highest BCUT2D eigenvalue weighted by Gasteiger charge is 2.31. The van der Waals surface area contributed by atoms with E-state index < -0.39 is 43.5 Å². The van der Waals surface area contributed by atoms with E-state index in [2.05, 4.69) is 9.72 Å². The van der Waals surface area contributed by atoms with Crippen molar-refractivity contribution < 1.29 is 26.9 Å². The molecule has 0 unspecified atom stereocenters. The van der Waals surface area contributed by atoms with Crippen molar-refractivity contribution in [3.63, 3.8) is 0 Å². The lowest BCUT2D eigenvalue weighted by Gasteiger charge is -2.07. The monoisotopic (exact) mass is 283 g/mol. The molecule has 0 radical (unpaired) electrons. The van der Waals surface area contributed by atoms with Crippen molar-refractivity contribution in [3.05, 3.63) is 21.7 Å². The number of hydrogen-bond donors (Lipinski definition) is 1. The van der Waals surface area contributed by atoms with Crippen LogP contribution in [0.1, 0.15) is 12.0 Å². The predicted molar refractivity (Wildman–Crippen MR) is 53.8 cm³/mol. The van der Waals surface area contributed by atoms with E-state index in [1.807, 2.05) is 0 Å². The molecule has 0 saturated heterocycles. The van der Waals surface area contributed by atoms with Gasteiger partial charge in [-0.3, -0.25) is 10.1 Å². The smallest absolute Gasteiger partial charge is 0.339 e. The highest BCUT2D eigenvalue weighted by molar-refractivity contribution is 7.89. The number of aromatic nitrogens is 1. The topological polar surface area (TPSA) is 125 Å². The summed E-state index contributed by atoms with van der Waals surface area (Å²) in [5.41, 5.74) is -2.23. The molecule has 0 aromatic carbocycles. The second-order valence-electron chi connectivity index (χ2n) is 3.01. The van der Waals surface area contributed by atoms with Gasteiger partial charge in [0.2, 0.25) is 0 Å². The molecule has 11 heteroatoms. The number of nitro groups is 1. The molecule has 1 aromatic rings. The Morgan fingerprint density at radius 2 is 2.11 bits per heavy atom. The van der Waals surface area contributed by atoms with E-state index in [0.29, 0.717) is 6.07 Å². The minimum Gasteiger partial charge on any atom is -0.476 e. The molecule has 0 fully saturated rings. The molecule has 0 aliphatic rings. The van der Waals surface area contributed by atoms with Crippen LogP contribution in [0.25, 0.3) is 0 Å². The van der Waals surface area contributed by atoms with Gasteiger partial charge in [0.05, 0.1) is 12.0 Å². The predicted octanol–water partition coefficient (Wildman–Crippen LogP) is 0.583. The maximum Gasteiger partial charge on any atom is 0.339 e. The van der Waals surface area contributed by atoms with Crippen LogP contribution in [-0.2, 0) is 10.0 Å². The number of nitrogens with zero attached hydrogens (tertiary/aromatic N) is 2. The zero-order valence-corrected chi connectivity index (χ0v) is 9.65. The van der Waals surface area contributed by atoms with Crippen LogP contribution < -0.4 is 9.88 Å². The lowest BCUT2D eigenvalue weighted by atomic mass is 10.2. The highest BCUT2D eigenvalue weighted by Crippen LogP contribution is 2.36. The Bertz CT molecular complexity index is 589. The molecule has 1 aromatic heterocycles. The molecule has 100 valence electrons. The van der Waals surface area contributed by atoms with Gasteiger partial charge in [0.15, 0.2) is 5.03 Å². The third-order valence-electron chi connectivity index (χ3n) is 1.87. The Morgan fingerprint density at radius 3 is 2.44 bits per heavy atom. The van der Waals surface area contributed by atoms with Gasteiger partial charge in [0.25, 0.3) is 22.3 Å². The molecule has 0 bridgehead atoms. The fraction of sp³-hybridized carbons (Fsp3) is 0.286. The normalized spacial score (nSPS) is 11.6. The minimum atomic E-state index is -4.38. The van der Waals surface area contributed by atoms with Crippen LogP contribution in [0.2, 0.25) is 0 Å². The molecule has 18 heavy (non-hydrogen) atoms. The number of alkyl halides is 2. The van der Waals surface area contributed by atoms with Gasteiger partial charge in [0, 0.05) is 0 Å². The largest absolute Gasteiger partial charge is 0.476 e. The SMILES string of the molecule is COc1nc(S(N)(=O)=O)cc(C(F)F)c1[N+](=O)[O-]. The van der Waals surface area contributed by atoms with Gasteiger partial charge in [-0.15, -0.1) is 0 Å². The van der Waals surface area contributed by atoms with Crippen LogP contribution in [0.3, 0.4) is 0 Å². The fourth-order valence-corrected chi connectivity index (χ4v) is 1.65. The Labute approximate surface area is 99.6 Å². The van der Waals surface area contributed by atoms with Gasteiger partial charge in [-0.05, 0) is 6.07 Å². The van der Waals surface area contributed by atoms with Crippen LogP contribution in [0, 0.1) is 10.1 Å². The number of rotatable bonds is 4. The van der Waals surface area contributed by atoms with Crippen LogP contribution in [0.15, 0.2) is 11.1 Å². The zero-order valence-electron chi connectivity index (χ0n) is 8.83. The van der Waals surface area contributed by atoms with Crippen molar-refractivity contribution in [1.82, 2.24) is 4.98 Å². The van der Waals surface area contributed by atoms with Gasteiger partial charge in [-0.2, -0.15) is 4.98 Å². The third kappa shape index (κ3) is 2.68. The van der Waals surface area contributed by atoms with E-state index in [4.69, 9.17) is 5.14 Å². The zero-order chi connectivity index (χ0) is 14.1. The van der Waals surface area contributed by atoms with E-state index in [-0.39, 0.29) is 0 Å². The van der Waals surface area contributed by atoms with Gasteiger partial charge in [-0.25, -0.2) is 22.3 Å². The number of ether oxygens (including phenoxy) is 1. The quantitative estimate of drug-likeness (QED) is 0.636. The van der Waals surface area contributed by atoms with Crippen molar-refractivity contribution in [3.8, 4) is 5.88 Å². The number of primary sulfonamides is 1. The fourth-order valence-electron chi connectivity index (χ4n) is 1.15. The Balaban J connectivity index is 3.70. The maximum absolute atomic E-state index is 12.6. The third-order valence-corrected chi connectivity index (χ3v) is 2.66. The molecule has 0 aliphatic carbocycles. The van der Waals surface area contributed by atoms with Crippen LogP contribution in [-0.4, -0.2) is 25.4 Å². The summed E-state index contributed by atoms with van der Waals surface area (Å²) < 4.78 is 51.7. The lowest BCUT2D eigenvalue weighted by molar-refractivity contribution is -0.387. The first kappa shape index (κ1) is 14.2. The van der Waals surface area contributed by atoms with Crippen LogP contribution >= 0.6 is 0 Å². The molecule has 1 rings (SSSR count). The Morgan fingerprint density at radius 1 is 1.56 bits per heavy atom. The van der Waals surface area contributed by atoms with E-state index in [9.17, 15) is 27.3 Å². The first-order valence-corrected chi connectivity index (χ1v) is 5.77. The molecule has 8 nitrogen and oxygen atoms in total. The molecule has 0 amide bonds. The summed E-state index contributed by atoms with van der Waals surface area (Å²) >= 11 is 0. The summed E-state index contributed by atoms with van der Waals surface area (Å²) in [6, 6.07) is 0.348. The second kappa shape index (κ2) is 4.78. The van der Waals surface area contributed by atoms with Crippen molar-refractivity contribution in [1.29, 1.82) is 0 Å². The summed E-state index contributed by atoms with van der Waals surface area (Å²) in [7, 11) is -3.45. The van der Waals surface area contributed by atoms with Crippen LogP contribution in [0.5, 0.6) is 5.88 Å². The Hall–Kier alpha value is -1.88. The van der Waals surface area contributed by atoms with E-state index in [0.717, 1.165) is 7.11 Å². The number of hydrogen-bond acceptors (Lipinski definition) is 6. The van der Waals surface area contributed by atoms with Crippen molar-refractivity contribution >= 4 is 15.7 Å². The Kier molecular flexibility index (Phi) is 3.76. The maximum atomic E-state index is 12.6.